The summed E-state index contributed by atoms with van der Waals surface area (Å²) >= 11 is 15.0. The number of anilines is 1. The van der Waals surface area contributed by atoms with Crippen molar-refractivity contribution in [3.8, 4) is 0 Å². The van der Waals surface area contributed by atoms with E-state index >= 15 is 0 Å². The smallest absolute Gasteiger partial charge is 0.255 e. The van der Waals surface area contributed by atoms with Crippen LogP contribution in [0.25, 0.3) is 0 Å². The zero-order valence-corrected chi connectivity index (χ0v) is 14.3. The highest BCUT2D eigenvalue weighted by molar-refractivity contribution is 9.10. The Balaban J connectivity index is 2.21. The first-order chi connectivity index (χ1) is 9.99. The van der Waals surface area contributed by atoms with Crippen LogP contribution in [-0.2, 0) is 6.42 Å². The molecule has 0 fully saturated rings. The SMILES string of the molecule is CCCc1cc(C(=O)Nc2cnc(Cl)c(Br)c2)cc(Cl)n1. The van der Waals surface area contributed by atoms with Gasteiger partial charge in [-0.25, -0.2) is 9.97 Å². The van der Waals surface area contributed by atoms with Crippen molar-refractivity contribution in [1.82, 2.24) is 9.97 Å². The summed E-state index contributed by atoms with van der Waals surface area (Å²) in [4.78, 5) is 20.4. The molecule has 2 aromatic heterocycles. The van der Waals surface area contributed by atoms with E-state index in [4.69, 9.17) is 23.2 Å². The maximum absolute atomic E-state index is 12.2. The predicted octanol–water partition coefficient (Wildman–Crippen LogP) is 4.75. The van der Waals surface area contributed by atoms with Crippen molar-refractivity contribution in [3.05, 3.63) is 50.4 Å². The molecule has 110 valence electrons. The molecular formula is C14H12BrCl2N3O. The number of nitrogens with one attached hydrogen (secondary N) is 1. The number of aromatic nitrogens is 2. The molecule has 4 nitrogen and oxygen atoms in total. The van der Waals surface area contributed by atoms with Gasteiger partial charge < -0.3 is 5.32 Å². The molecule has 2 heterocycles. The van der Waals surface area contributed by atoms with Gasteiger partial charge in [-0.15, -0.1) is 0 Å². The van der Waals surface area contributed by atoms with E-state index in [9.17, 15) is 4.79 Å². The minimum Gasteiger partial charge on any atom is -0.321 e. The average Bonchev–Trinajstić information content (AvgIpc) is 2.42. The number of aryl methyl sites for hydroxylation is 1. The fraction of sp³-hybridized carbons (Fsp3) is 0.214. The van der Waals surface area contributed by atoms with E-state index in [0.29, 0.717) is 26.0 Å². The van der Waals surface area contributed by atoms with Gasteiger partial charge in [0.15, 0.2) is 0 Å². The molecule has 0 aliphatic rings. The van der Waals surface area contributed by atoms with Crippen LogP contribution in [0.15, 0.2) is 28.9 Å². The summed E-state index contributed by atoms with van der Waals surface area (Å²) in [6.07, 6.45) is 3.19. The molecule has 1 amide bonds. The van der Waals surface area contributed by atoms with Gasteiger partial charge in [0.1, 0.15) is 10.3 Å². The molecule has 0 spiro atoms. The lowest BCUT2D eigenvalue weighted by molar-refractivity contribution is 0.102. The molecule has 0 atom stereocenters. The van der Waals surface area contributed by atoms with Gasteiger partial charge in [0, 0.05) is 11.3 Å². The van der Waals surface area contributed by atoms with Crippen LogP contribution in [0.2, 0.25) is 10.3 Å². The molecule has 0 saturated heterocycles. The van der Waals surface area contributed by atoms with Crippen LogP contribution < -0.4 is 5.32 Å². The standard InChI is InChI=1S/C14H12BrCl2N3O/c1-2-3-9-4-8(5-12(16)19-9)14(21)20-10-6-11(15)13(17)18-7-10/h4-7H,2-3H2,1H3,(H,20,21). The van der Waals surface area contributed by atoms with Crippen LogP contribution in [0, 0.1) is 0 Å². The van der Waals surface area contributed by atoms with Crippen LogP contribution in [0.3, 0.4) is 0 Å². The van der Waals surface area contributed by atoms with Crippen molar-refractivity contribution in [2.45, 2.75) is 19.8 Å². The summed E-state index contributed by atoms with van der Waals surface area (Å²) in [5.74, 6) is -0.271. The summed E-state index contributed by atoms with van der Waals surface area (Å²) in [5, 5.41) is 3.39. The number of amides is 1. The Morgan fingerprint density at radius 2 is 2.10 bits per heavy atom. The van der Waals surface area contributed by atoms with Crippen molar-refractivity contribution < 1.29 is 4.79 Å². The maximum Gasteiger partial charge on any atom is 0.255 e. The highest BCUT2D eigenvalue weighted by Crippen LogP contribution is 2.23. The molecule has 0 aromatic carbocycles. The van der Waals surface area contributed by atoms with Crippen molar-refractivity contribution >= 4 is 50.7 Å². The Bertz CT molecular complexity index is 679. The molecule has 0 unspecified atom stereocenters. The normalized spacial score (nSPS) is 10.5. The minimum atomic E-state index is -0.271. The van der Waals surface area contributed by atoms with Gasteiger partial charge in [-0.3, -0.25) is 4.79 Å². The molecule has 0 aliphatic heterocycles. The van der Waals surface area contributed by atoms with E-state index in [1.54, 1.807) is 12.1 Å². The van der Waals surface area contributed by atoms with E-state index in [1.165, 1.54) is 12.3 Å². The number of carbonyl (C=O) groups is 1. The van der Waals surface area contributed by atoms with Gasteiger partial charge in [-0.05, 0) is 40.5 Å². The van der Waals surface area contributed by atoms with Crippen LogP contribution in [-0.4, -0.2) is 15.9 Å². The molecule has 0 bridgehead atoms. The Morgan fingerprint density at radius 1 is 1.33 bits per heavy atom. The summed E-state index contributed by atoms with van der Waals surface area (Å²) in [5.41, 5.74) is 1.80. The lowest BCUT2D eigenvalue weighted by Gasteiger charge is -2.08. The molecule has 2 rings (SSSR count). The monoisotopic (exact) mass is 387 g/mol. The minimum absolute atomic E-state index is 0.271. The first-order valence-corrected chi connectivity index (χ1v) is 7.83. The number of pyridine rings is 2. The van der Waals surface area contributed by atoms with Crippen LogP contribution in [0.5, 0.6) is 0 Å². The maximum atomic E-state index is 12.2. The number of hydrogen-bond donors (Lipinski definition) is 1. The Morgan fingerprint density at radius 3 is 2.76 bits per heavy atom. The largest absolute Gasteiger partial charge is 0.321 e. The first-order valence-electron chi connectivity index (χ1n) is 6.28. The van der Waals surface area contributed by atoms with Crippen molar-refractivity contribution in [2.75, 3.05) is 5.32 Å². The quantitative estimate of drug-likeness (QED) is 0.768. The van der Waals surface area contributed by atoms with Gasteiger partial charge in [-0.1, -0.05) is 36.5 Å². The summed E-state index contributed by atoms with van der Waals surface area (Å²) < 4.78 is 0.612. The van der Waals surface area contributed by atoms with E-state index in [-0.39, 0.29) is 5.91 Å². The number of rotatable bonds is 4. The second-order valence-electron chi connectivity index (χ2n) is 4.37. The lowest BCUT2D eigenvalue weighted by atomic mass is 10.1. The lowest BCUT2D eigenvalue weighted by Crippen LogP contribution is -2.13. The number of carbonyl (C=O) groups excluding carboxylic acids is 1. The first kappa shape index (κ1) is 16.2. The third-order valence-electron chi connectivity index (χ3n) is 2.67. The molecule has 1 N–H and O–H groups in total. The summed E-state index contributed by atoms with van der Waals surface area (Å²) in [7, 11) is 0. The fourth-order valence-corrected chi connectivity index (χ4v) is 2.44. The van der Waals surface area contributed by atoms with Crippen LogP contribution >= 0.6 is 39.1 Å². The van der Waals surface area contributed by atoms with Crippen molar-refractivity contribution in [2.24, 2.45) is 0 Å². The van der Waals surface area contributed by atoms with Crippen molar-refractivity contribution in [1.29, 1.82) is 0 Å². The van der Waals surface area contributed by atoms with Gasteiger partial charge >= 0.3 is 0 Å². The molecule has 0 radical (unpaired) electrons. The van der Waals surface area contributed by atoms with E-state index in [1.807, 2.05) is 6.92 Å². The summed E-state index contributed by atoms with van der Waals surface area (Å²) in [6.45, 7) is 2.04. The van der Waals surface area contributed by atoms with E-state index in [0.717, 1.165) is 18.5 Å². The van der Waals surface area contributed by atoms with E-state index < -0.39 is 0 Å². The molecular weight excluding hydrogens is 377 g/mol. The zero-order chi connectivity index (χ0) is 15.4. The Kier molecular flexibility index (Phi) is 5.56. The molecule has 0 aliphatic carbocycles. The highest BCUT2D eigenvalue weighted by Gasteiger charge is 2.11. The number of nitrogens with zero attached hydrogens (tertiary/aromatic N) is 2. The average molecular weight is 389 g/mol. The highest BCUT2D eigenvalue weighted by atomic mass is 79.9. The molecule has 7 heteroatoms. The second kappa shape index (κ2) is 7.20. The van der Waals surface area contributed by atoms with Crippen LogP contribution in [0.1, 0.15) is 29.4 Å². The Labute approximate surface area is 141 Å². The van der Waals surface area contributed by atoms with Gasteiger partial charge in [0.2, 0.25) is 0 Å². The van der Waals surface area contributed by atoms with Gasteiger partial charge in [-0.2, -0.15) is 0 Å². The van der Waals surface area contributed by atoms with Crippen molar-refractivity contribution in [3.63, 3.8) is 0 Å². The van der Waals surface area contributed by atoms with Gasteiger partial charge in [0.05, 0.1) is 16.4 Å². The molecule has 2 aromatic rings. The topological polar surface area (TPSA) is 54.9 Å². The Hall–Kier alpha value is -1.17. The summed E-state index contributed by atoms with van der Waals surface area (Å²) in [6, 6.07) is 4.96. The number of hydrogen-bond acceptors (Lipinski definition) is 3. The molecule has 21 heavy (non-hydrogen) atoms. The fourth-order valence-electron chi connectivity index (χ4n) is 1.76. The third kappa shape index (κ3) is 4.40. The molecule has 0 saturated carbocycles. The number of halogens is 3. The second-order valence-corrected chi connectivity index (χ2v) is 5.97. The van der Waals surface area contributed by atoms with Crippen LogP contribution in [0.4, 0.5) is 5.69 Å². The predicted molar refractivity (Wildman–Crippen MR) is 88.1 cm³/mol. The van der Waals surface area contributed by atoms with E-state index in [2.05, 4.69) is 31.2 Å². The van der Waals surface area contributed by atoms with Gasteiger partial charge in [0.25, 0.3) is 5.91 Å². The third-order valence-corrected chi connectivity index (χ3v) is 4.00. The zero-order valence-electron chi connectivity index (χ0n) is 11.2.